The molecule has 0 saturated carbocycles. The maximum atomic E-state index is 2.41. The van der Waals surface area contributed by atoms with E-state index in [-0.39, 0.29) is 0 Å². The van der Waals surface area contributed by atoms with Crippen molar-refractivity contribution in [2.24, 2.45) is 0 Å². The van der Waals surface area contributed by atoms with E-state index >= 15 is 0 Å². The zero-order valence-corrected chi connectivity index (χ0v) is 29.7. The van der Waals surface area contributed by atoms with Crippen molar-refractivity contribution in [3.8, 4) is 39.1 Å². The van der Waals surface area contributed by atoms with Gasteiger partial charge in [-0.2, -0.15) is 0 Å². The van der Waals surface area contributed by atoms with Crippen LogP contribution in [0.3, 0.4) is 0 Å². The fraction of sp³-hybridized carbons (Fsp3) is 0. The Morgan fingerprint density at radius 2 is 0.833 bits per heavy atom. The van der Waals surface area contributed by atoms with Crippen LogP contribution < -0.4 is 4.90 Å². The molecule has 254 valence electrons. The minimum absolute atomic E-state index is 1.11. The summed E-state index contributed by atoms with van der Waals surface area (Å²) < 4.78 is 2.41. The molecule has 9 aromatic carbocycles. The summed E-state index contributed by atoms with van der Waals surface area (Å²) in [6.07, 6.45) is 0. The number of nitrogens with zero attached hydrogens (tertiary/aromatic N) is 2. The molecule has 0 amide bonds. The smallest absolute Gasteiger partial charge is 0.0541 e. The molecule has 54 heavy (non-hydrogen) atoms. The van der Waals surface area contributed by atoms with Crippen LogP contribution in [0.1, 0.15) is 0 Å². The first-order chi connectivity index (χ1) is 26.8. The van der Waals surface area contributed by atoms with Crippen LogP contribution in [0.15, 0.2) is 218 Å². The Bertz CT molecular complexity index is 2880. The van der Waals surface area contributed by atoms with E-state index in [4.69, 9.17) is 0 Å². The summed E-state index contributed by atoms with van der Waals surface area (Å²) in [5.41, 5.74) is 14.1. The average molecular weight is 689 g/mol. The van der Waals surface area contributed by atoms with E-state index < -0.39 is 0 Å². The molecule has 1 heterocycles. The van der Waals surface area contributed by atoms with Crippen molar-refractivity contribution in [3.63, 3.8) is 0 Å². The Kier molecular flexibility index (Phi) is 7.85. The van der Waals surface area contributed by atoms with Gasteiger partial charge in [-0.3, -0.25) is 0 Å². The van der Waals surface area contributed by atoms with E-state index in [1.807, 2.05) is 0 Å². The van der Waals surface area contributed by atoms with Gasteiger partial charge in [0.15, 0.2) is 0 Å². The first kappa shape index (κ1) is 31.6. The minimum Gasteiger partial charge on any atom is -0.310 e. The van der Waals surface area contributed by atoms with Gasteiger partial charge in [-0.1, -0.05) is 152 Å². The van der Waals surface area contributed by atoms with Crippen LogP contribution in [0.4, 0.5) is 17.1 Å². The van der Waals surface area contributed by atoms with E-state index in [0.29, 0.717) is 0 Å². The van der Waals surface area contributed by atoms with Gasteiger partial charge in [-0.15, -0.1) is 0 Å². The third-order valence-corrected chi connectivity index (χ3v) is 10.6. The number of fused-ring (bicyclic) bond motifs is 4. The van der Waals surface area contributed by atoms with Gasteiger partial charge in [-0.25, -0.2) is 0 Å². The molecular formula is C52H36N2. The van der Waals surface area contributed by atoms with Gasteiger partial charge in [0, 0.05) is 33.4 Å². The van der Waals surface area contributed by atoms with Crippen molar-refractivity contribution in [3.05, 3.63) is 218 Å². The Hall–Kier alpha value is -7.16. The lowest BCUT2D eigenvalue weighted by Crippen LogP contribution is -2.09. The number of aromatic nitrogens is 1. The zero-order chi connectivity index (χ0) is 35.8. The summed E-state index contributed by atoms with van der Waals surface area (Å²) in [4.78, 5) is 2.34. The zero-order valence-electron chi connectivity index (χ0n) is 29.7. The molecular weight excluding hydrogens is 653 g/mol. The molecule has 10 aromatic rings. The second kappa shape index (κ2) is 13.4. The van der Waals surface area contributed by atoms with Crippen LogP contribution in [0.5, 0.6) is 0 Å². The maximum absolute atomic E-state index is 2.41. The Labute approximate surface area is 315 Å². The summed E-state index contributed by atoms with van der Waals surface area (Å²) in [5.74, 6) is 0. The molecule has 1 aromatic heterocycles. The lowest BCUT2D eigenvalue weighted by atomic mass is 9.97. The SMILES string of the molecule is c1ccc(N(c2ccc(-c3cccc(-c4ccccc4-n4c5ccccc5c5ccccc54)c3)cc2)c2cccc(-c3ccc4ccccc4c3)c2)cc1. The molecule has 0 bridgehead atoms. The van der Waals surface area contributed by atoms with Crippen LogP contribution in [0.2, 0.25) is 0 Å². The number of anilines is 3. The number of benzene rings is 9. The quantitative estimate of drug-likeness (QED) is 0.162. The second-order valence-electron chi connectivity index (χ2n) is 13.8. The molecule has 0 saturated heterocycles. The molecule has 0 atom stereocenters. The van der Waals surface area contributed by atoms with Crippen molar-refractivity contribution in [1.82, 2.24) is 4.57 Å². The van der Waals surface area contributed by atoms with Crippen molar-refractivity contribution in [2.75, 3.05) is 4.90 Å². The van der Waals surface area contributed by atoms with Crippen molar-refractivity contribution in [1.29, 1.82) is 0 Å². The van der Waals surface area contributed by atoms with Gasteiger partial charge >= 0.3 is 0 Å². The molecule has 10 rings (SSSR count). The highest BCUT2D eigenvalue weighted by Gasteiger charge is 2.17. The fourth-order valence-electron chi connectivity index (χ4n) is 7.98. The van der Waals surface area contributed by atoms with Crippen molar-refractivity contribution >= 4 is 49.6 Å². The first-order valence-corrected chi connectivity index (χ1v) is 18.5. The second-order valence-corrected chi connectivity index (χ2v) is 13.8. The third kappa shape index (κ3) is 5.62. The summed E-state index contributed by atoms with van der Waals surface area (Å²) in [6.45, 7) is 0. The normalized spacial score (nSPS) is 11.3. The highest BCUT2D eigenvalue weighted by molar-refractivity contribution is 6.09. The summed E-state index contributed by atoms with van der Waals surface area (Å²) in [7, 11) is 0. The van der Waals surface area contributed by atoms with Gasteiger partial charge < -0.3 is 9.47 Å². The Balaban J connectivity index is 1.02. The molecule has 0 unspecified atom stereocenters. The molecule has 0 aliphatic heterocycles. The predicted octanol–water partition coefficient (Wildman–Crippen LogP) is 14.4. The van der Waals surface area contributed by atoms with E-state index in [2.05, 4.69) is 228 Å². The highest BCUT2D eigenvalue weighted by atomic mass is 15.1. The van der Waals surface area contributed by atoms with E-state index in [0.717, 1.165) is 17.1 Å². The third-order valence-electron chi connectivity index (χ3n) is 10.6. The topological polar surface area (TPSA) is 8.17 Å². The molecule has 0 fully saturated rings. The summed E-state index contributed by atoms with van der Waals surface area (Å²) >= 11 is 0. The fourth-order valence-corrected chi connectivity index (χ4v) is 7.98. The van der Waals surface area contributed by atoms with Crippen LogP contribution in [0.25, 0.3) is 71.6 Å². The van der Waals surface area contributed by atoms with Crippen LogP contribution in [0, 0.1) is 0 Å². The molecule has 0 N–H and O–H groups in total. The molecule has 2 heteroatoms. The van der Waals surface area contributed by atoms with Gasteiger partial charge in [0.2, 0.25) is 0 Å². The van der Waals surface area contributed by atoms with Crippen LogP contribution in [-0.2, 0) is 0 Å². The summed E-state index contributed by atoms with van der Waals surface area (Å²) in [5, 5.41) is 5.03. The molecule has 2 nitrogen and oxygen atoms in total. The maximum Gasteiger partial charge on any atom is 0.0541 e. The Morgan fingerprint density at radius 1 is 0.296 bits per heavy atom. The van der Waals surface area contributed by atoms with E-state index in [1.165, 1.54) is 71.6 Å². The van der Waals surface area contributed by atoms with E-state index in [9.17, 15) is 0 Å². The number of hydrogen-bond acceptors (Lipinski definition) is 1. The van der Waals surface area contributed by atoms with E-state index in [1.54, 1.807) is 0 Å². The van der Waals surface area contributed by atoms with Gasteiger partial charge in [0.25, 0.3) is 0 Å². The largest absolute Gasteiger partial charge is 0.310 e. The monoisotopic (exact) mass is 688 g/mol. The predicted molar refractivity (Wildman–Crippen MR) is 229 cm³/mol. The highest BCUT2D eigenvalue weighted by Crippen LogP contribution is 2.40. The number of para-hydroxylation sites is 4. The molecule has 0 radical (unpaired) electrons. The molecule has 0 aliphatic rings. The van der Waals surface area contributed by atoms with Crippen LogP contribution in [-0.4, -0.2) is 4.57 Å². The van der Waals surface area contributed by atoms with Gasteiger partial charge in [-0.05, 0) is 105 Å². The summed E-state index contributed by atoms with van der Waals surface area (Å²) in [6, 6.07) is 78.8. The number of rotatable bonds is 7. The Morgan fingerprint density at radius 3 is 1.61 bits per heavy atom. The van der Waals surface area contributed by atoms with Gasteiger partial charge in [0.1, 0.15) is 0 Å². The average Bonchev–Trinajstić information content (AvgIpc) is 3.59. The lowest BCUT2D eigenvalue weighted by Gasteiger charge is -2.26. The number of hydrogen-bond donors (Lipinski definition) is 0. The molecule has 0 aliphatic carbocycles. The molecule has 0 spiro atoms. The van der Waals surface area contributed by atoms with Crippen molar-refractivity contribution < 1.29 is 0 Å². The lowest BCUT2D eigenvalue weighted by molar-refractivity contribution is 1.18. The van der Waals surface area contributed by atoms with Gasteiger partial charge in [0.05, 0.1) is 16.7 Å². The van der Waals surface area contributed by atoms with Crippen LogP contribution >= 0.6 is 0 Å². The minimum atomic E-state index is 1.11. The standard InChI is InChI=1S/C52H36N2/c1-2-19-44(20-3-1)53(46-21-13-17-41(36-46)42-29-28-37-14-4-5-15-39(37)34-42)45-32-30-38(31-33-45)40-16-12-18-43(35-40)47-22-6-9-25-50(47)54-51-26-10-7-23-48(51)49-24-8-11-27-52(49)54/h1-36H. The van der Waals surface area contributed by atoms with Crippen molar-refractivity contribution in [2.45, 2.75) is 0 Å². The first-order valence-electron chi connectivity index (χ1n) is 18.5.